The van der Waals surface area contributed by atoms with E-state index in [1.807, 2.05) is 0 Å². The summed E-state index contributed by atoms with van der Waals surface area (Å²) in [5, 5.41) is 0. The molecule has 1 unspecified atom stereocenters. The Morgan fingerprint density at radius 1 is 1.10 bits per heavy atom. The summed E-state index contributed by atoms with van der Waals surface area (Å²) in [6.07, 6.45) is -1.26. The van der Waals surface area contributed by atoms with E-state index in [4.69, 9.17) is 42.2 Å². The Labute approximate surface area is 225 Å². The SMILES string of the molecule is COc1nc(OC)c2ncn([C@@H]3O[C@H](COC(C(=O)OC(C)(C)C)P(=O)(OC)OC)[C@H]4OC(C)(C)O[C@H]43)c2n1. The van der Waals surface area contributed by atoms with E-state index < -0.39 is 55.3 Å². The second-order valence-corrected chi connectivity index (χ2v) is 12.6. The molecule has 2 aliphatic heterocycles. The fraction of sp³-hybridized carbons (Fsp3) is 0.739. The van der Waals surface area contributed by atoms with E-state index in [0.717, 1.165) is 14.2 Å². The number of nitrogens with zero attached hydrogens (tertiary/aromatic N) is 4. The molecule has 0 amide bonds. The first-order valence-corrected chi connectivity index (χ1v) is 13.8. The number of imidazole rings is 1. The number of hydrogen-bond donors (Lipinski definition) is 0. The van der Waals surface area contributed by atoms with Crippen LogP contribution in [0.5, 0.6) is 11.9 Å². The van der Waals surface area contributed by atoms with Crippen molar-refractivity contribution in [3.8, 4) is 11.9 Å². The molecule has 2 aliphatic rings. The number of carbonyl (C=O) groups is 1. The third-order valence-corrected chi connectivity index (χ3v) is 7.92. The van der Waals surface area contributed by atoms with Crippen molar-refractivity contribution in [2.75, 3.05) is 35.0 Å². The molecule has 4 heterocycles. The molecule has 39 heavy (non-hydrogen) atoms. The Balaban J connectivity index is 1.64. The van der Waals surface area contributed by atoms with Crippen molar-refractivity contribution in [3.63, 3.8) is 0 Å². The summed E-state index contributed by atoms with van der Waals surface area (Å²) in [5.74, 6) is -3.29. The van der Waals surface area contributed by atoms with E-state index in [-0.39, 0.29) is 18.5 Å². The molecule has 218 valence electrons. The molecule has 4 rings (SSSR count). The van der Waals surface area contributed by atoms with E-state index >= 15 is 0 Å². The first-order valence-electron chi connectivity index (χ1n) is 12.1. The van der Waals surface area contributed by atoms with E-state index in [9.17, 15) is 9.36 Å². The number of esters is 1. The van der Waals surface area contributed by atoms with Gasteiger partial charge in [0.25, 0.3) is 5.85 Å². The van der Waals surface area contributed by atoms with Gasteiger partial charge >= 0.3 is 19.6 Å². The molecular weight excluding hydrogens is 539 g/mol. The molecule has 2 fully saturated rings. The zero-order valence-electron chi connectivity index (χ0n) is 23.4. The Kier molecular flexibility index (Phi) is 8.26. The first kappa shape index (κ1) is 29.6. The summed E-state index contributed by atoms with van der Waals surface area (Å²) in [5.41, 5.74) is -0.0983. The van der Waals surface area contributed by atoms with Gasteiger partial charge in [-0.05, 0) is 34.6 Å². The van der Waals surface area contributed by atoms with Gasteiger partial charge in [0.05, 0.1) is 27.2 Å². The van der Waals surface area contributed by atoms with Gasteiger partial charge in [-0.1, -0.05) is 0 Å². The summed E-state index contributed by atoms with van der Waals surface area (Å²) in [6.45, 7) is 8.35. The number of fused-ring (bicyclic) bond motifs is 2. The highest BCUT2D eigenvalue weighted by Crippen LogP contribution is 2.53. The van der Waals surface area contributed by atoms with Crippen molar-refractivity contribution in [2.24, 2.45) is 0 Å². The van der Waals surface area contributed by atoms with Crippen molar-refractivity contribution >= 4 is 24.7 Å². The standard InChI is InChI=1S/C23H35N4O11P/c1-22(2,3)38-19(28)20(39(29,32-8)33-9)34-10-12-14-15(37-23(4,5)36-14)18(35-12)27-11-24-13-16(27)25-21(31-7)26-17(13)30-6/h11-12,14-15,18,20H,10H2,1-9H3/t12-,14-,15-,18-,20?/m1/s1. The van der Waals surface area contributed by atoms with Gasteiger partial charge in [0.15, 0.2) is 23.2 Å². The lowest BCUT2D eigenvalue weighted by atomic mass is 10.1. The minimum Gasteiger partial charge on any atom is -0.479 e. The van der Waals surface area contributed by atoms with Crippen LogP contribution in [0, 0.1) is 0 Å². The van der Waals surface area contributed by atoms with E-state index in [1.54, 1.807) is 39.2 Å². The lowest BCUT2D eigenvalue weighted by molar-refractivity contribution is -0.204. The molecule has 0 aliphatic carbocycles. The van der Waals surface area contributed by atoms with Gasteiger partial charge in [0.2, 0.25) is 5.88 Å². The number of methoxy groups -OCH3 is 2. The highest BCUT2D eigenvalue weighted by molar-refractivity contribution is 7.55. The molecule has 0 bridgehead atoms. The molecule has 0 radical (unpaired) electrons. The second kappa shape index (κ2) is 10.9. The van der Waals surface area contributed by atoms with Gasteiger partial charge in [0.1, 0.15) is 23.9 Å². The van der Waals surface area contributed by atoms with Crippen molar-refractivity contribution in [1.82, 2.24) is 19.5 Å². The molecule has 0 aromatic carbocycles. The molecule has 16 heteroatoms. The average Bonchev–Trinajstić information content (AvgIpc) is 3.52. The summed E-state index contributed by atoms with van der Waals surface area (Å²) < 4.78 is 65.4. The van der Waals surface area contributed by atoms with Crippen LogP contribution in [-0.2, 0) is 42.1 Å². The van der Waals surface area contributed by atoms with Gasteiger partial charge in [0, 0.05) is 14.2 Å². The van der Waals surface area contributed by atoms with Crippen LogP contribution in [-0.4, -0.2) is 96.1 Å². The van der Waals surface area contributed by atoms with Gasteiger partial charge in [-0.25, -0.2) is 9.78 Å². The fourth-order valence-corrected chi connectivity index (χ4v) is 5.51. The zero-order valence-corrected chi connectivity index (χ0v) is 24.3. The molecule has 0 spiro atoms. The summed E-state index contributed by atoms with van der Waals surface area (Å²) in [6, 6.07) is 0.0783. The van der Waals surface area contributed by atoms with Crippen LogP contribution in [0.25, 0.3) is 11.2 Å². The Morgan fingerprint density at radius 2 is 1.77 bits per heavy atom. The van der Waals surface area contributed by atoms with Gasteiger partial charge in [-0.2, -0.15) is 9.97 Å². The lowest BCUT2D eigenvalue weighted by Crippen LogP contribution is -2.38. The smallest absolute Gasteiger partial charge is 0.370 e. The van der Waals surface area contributed by atoms with Gasteiger partial charge < -0.3 is 42.2 Å². The minimum atomic E-state index is -4.04. The van der Waals surface area contributed by atoms with Crippen LogP contribution in [0.4, 0.5) is 0 Å². The van der Waals surface area contributed by atoms with Crippen molar-refractivity contribution in [3.05, 3.63) is 6.33 Å². The Hall–Kier alpha value is -2.39. The van der Waals surface area contributed by atoms with Crippen molar-refractivity contribution in [1.29, 1.82) is 0 Å². The van der Waals surface area contributed by atoms with Crippen LogP contribution < -0.4 is 9.47 Å². The third-order valence-electron chi connectivity index (χ3n) is 5.97. The van der Waals surface area contributed by atoms with E-state index in [1.165, 1.54) is 20.5 Å². The molecular formula is C23H35N4O11P. The number of rotatable bonds is 10. The highest BCUT2D eigenvalue weighted by atomic mass is 31.2. The lowest BCUT2D eigenvalue weighted by Gasteiger charge is -2.29. The van der Waals surface area contributed by atoms with Crippen LogP contribution in [0.1, 0.15) is 40.8 Å². The maximum Gasteiger partial charge on any atom is 0.370 e. The number of hydrogen-bond acceptors (Lipinski definition) is 14. The normalized spacial score (nSPS) is 25.5. The topological polar surface area (TPSA) is 161 Å². The predicted octanol–water partition coefficient (Wildman–Crippen LogP) is 2.43. The zero-order chi connectivity index (χ0) is 28.8. The predicted molar refractivity (Wildman–Crippen MR) is 133 cm³/mol. The maximum absolute atomic E-state index is 13.2. The van der Waals surface area contributed by atoms with E-state index in [0.29, 0.717) is 11.2 Å². The average molecular weight is 575 g/mol. The van der Waals surface area contributed by atoms with Crippen LogP contribution in [0.2, 0.25) is 0 Å². The third kappa shape index (κ3) is 5.89. The number of ether oxygens (including phenoxy) is 7. The summed E-state index contributed by atoms with van der Waals surface area (Å²) >= 11 is 0. The fourth-order valence-electron chi connectivity index (χ4n) is 4.40. The second-order valence-electron chi connectivity index (χ2n) is 10.3. The van der Waals surface area contributed by atoms with Crippen LogP contribution >= 0.6 is 7.60 Å². The van der Waals surface area contributed by atoms with E-state index in [2.05, 4.69) is 15.0 Å². The monoisotopic (exact) mass is 574 g/mol. The van der Waals surface area contributed by atoms with Gasteiger partial charge in [-0.3, -0.25) is 9.13 Å². The highest BCUT2D eigenvalue weighted by Gasteiger charge is 2.57. The molecule has 0 N–H and O–H groups in total. The first-order chi connectivity index (χ1) is 18.3. The quantitative estimate of drug-likeness (QED) is 0.300. The molecule has 2 aromatic rings. The molecule has 5 atom stereocenters. The van der Waals surface area contributed by atoms with Crippen molar-refractivity contribution in [2.45, 2.75) is 76.4 Å². The molecule has 2 saturated heterocycles. The maximum atomic E-state index is 13.2. The largest absolute Gasteiger partial charge is 0.479 e. The molecule has 15 nitrogen and oxygen atoms in total. The molecule has 0 saturated carbocycles. The minimum absolute atomic E-state index is 0.0783. The van der Waals surface area contributed by atoms with Gasteiger partial charge in [-0.15, -0.1) is 0 Å². The molecule has 2 aromatic heterocycles. The summed E-state index contributed by atoms with van der Waals surface area (Å²) in [4.78, 5) is 25.9. The Bertz CT molecular complexity index is 1240. The number of carbonyl (C=O) groups excluding carboxylic acids is 1. The van der Waals surface area contributed by atoms with Crippen LogP contribution in [0.3, 0.4) is 0 Å². The summed E-state index contributed by atoms with van der Waals surface area (Å²) in [7, 11) is 1.18. The Morgan fingerprint density at radius 3 is 2.36 bits per heavy atom. The van der Waals surface area contributed by atoms with Crippen LogP contribution in [0.15, 0.2) is 6.33 Å². The number of aromatic nitrogens is 4. The van der Waals surface area contributed by atoms with Crippen molar-refractivity contribution < 1.29 is 51.6 Å².